The maximum Gasteiger partial charge on any atom is 0.195 e. The number of aromatic nitrogens is 4. The quantitative estimate of drug-likeness (QED) is 0.826. The van der Waals surface area contributed by atoms with Gasteiger partial charge in [0.15, 0.2) is 4.77 Å². The summed E-state index contributed by atoms with van der Waals surface area (Å²) in [6.45, 7) is 4.81. The number of nitrogens with one attached hydrogen (secondary N) is 2. The summed E-state index contributed by atoms with van der Waals surface area (Å²) < 4.78 is 2.63. The molecule has 0 unspecified atom stereocenters. The van der Waals surface area contributed by atoms with Crippen LogP contribution in [-0.4, -0.2) is 26.3 Å². The maximum atomic E-state index is 8.80. The summed E-state index contributed by atoms with van der Waals surface area (Å²) in [4.78, 5) is 4.16. The van der Waals surface area contributed by atoms with E-state index in [0.29, 0.717) is 22.8 Å². The monoisotopic (exact) mass is 288 g/mol. The predicted octanol–water partition coefficient (Wildman–Crippen LogP) is 2.44. The van der Waals surface area contributed by atoms with Crippen molar-refractivity contribution >= 4 is 18.0 Å². The van der Waals surface area contributed by atoms with Crippen LogP contribution in [0.25, 0.3) is 0 Å². The summed E-state index contributed by atoms with van der Waals surface area (Å²) in [6, 6.07) is 7.60. The Hall–Kier alpha value is -2.20. The van der Waals surface area contributed by atoms with E-state index < -0.39 is 0 Å². The van der Waals surface area contributed by atoms with Crippen LogP contribution in [0.1, 0.15) is 31.4 Å². The van der Waals surface area contributed by atoms with Gasteiger partial charge in [-0.15, -0.1) is 0 Å². The van der Waals surface area contributed by atoms with E-state index in [2.05, 4.69) is 34.3 Å². The zero-order chi connectivity index (χ0) is 14.5. The summed E-state index contributed by atoms with van der Waals surface area (Å²) in [5.74, 6) is 1.60. The summed E-state index contributed by atoms with van der Waals surface area (Å²) in [5.41, 5.74) is 0.403. The minimum atomic E-state index is 0.274. The lowest BCUT2D eigenvalue weighted by molar-refractivity contribution is 0.562. The zero-order valence-electron chi connectivity index (χ0n) is 11.4. The molecule has 2 N–H and O–H groups in total. The Morgan fingerprint density at radius 1 is 1.50 bits per heavy atom. The van der Waals surface area contributed by atoms with Gasteiger partial charge in [-0.3, -0.25) is 5.10 Å². The van der Waals surface area contributed by atoms with E-state index in [1.54, 1.807) is 12.1 Å². The van der Waals surface area contributed by atoms with Gasteiger partial charge in [0.1, 0.15) is 23.4 Å². The van der Waals surface area contributed by atoms with E-state index >= 15 is 0 Å². The summed E-state index contributed by atoms with van der Waals surface area (Å²) in [6.07, 6.45) is 0.726. The van der Waals surface area contributed by atoms with Gasteiger partial charge in [-0.05, 0) is 38.2 Å². The van der Waals surface area contributed by atoms with Gasteiger partial charge in [-0.1, -0.05) is 6.07 Å². The van der Waals surface area contributed by atoms with Gasteiger partial charge >= 0.3 is 0 Å². The smallest absolute Gasteiger partial charge is 0.195 e. The average molecular weight is 288 g/mol. The van der Waals surface area contributed by atoms with Gasteiger partial charge in [0, 0.05) is 19.0 Å². The number of H-pyrrole nitrogens is 1. The van der Waals surface area contributed by atoms with Crippen LogP contribution in [0.5, 0.6) is 0 Å². The van der Waals surface area contributed by atoms with Crippen molar-refractivity contribution in [1.82, 2.24) is 19.7 Å². The SMILES string of the molecule is CC(C)n1c(CCNc2cccc(C#N)n2)n[nH]c1=S. The fourth-order valence-electron chi connectivity index (χ4n) is 1.94. The van der Waals surface area contributed by atoms with Crippen LogP contribution >= 0.6 is 12.2 Å². The molecule has 2 rings (SSSR count). The third kappa shape index (κ3) is 3.22. The molecule has 0 atom stereocenters. The molecular formula is C13H16N6S. The molecule has 0 saturated heterocycles. The molecule has 0 amide bonds. The number of pyridine rings is 1. The molecule has 2 aromatic rings. The third-order valence-electron chi connectivity index (χ3n) is 2.81. The first kappa shape index (κ1) is 14.2. The third-order valence-corrected chi connectivity index (χ3v) is 3.10. The van der Waals surface area contributed by atoms with Crippen molar-refractivity contribution in [3.63, 3.8) is 0 Å². The van der Waals surface area contributed by atoms with E-state index in [9.17, 15) is 0 Å². The van der Waals surface area contributed by atoms with Crippen molar-refractivity contribution in [3.05, 3.63) is 34.5 Å². The van der Waals surface area contributed by atoms with Crippen molar-refractivity contribution in [2.45, 2.75) is 26.3 Å². The molecule has 0 aliphatic heterocycles. The molecule has 2 heterocycles. The van der Waals surface area contributed by atoms with Gasteiger partial charge in [-0.25, -0.2) is 4.98 Å². The van der Waals surface area contributed by atoms with Crippen molar-refractivity contribution in [2.75, 3.05) is 11.9 Å². The molecule has 0 bridgehead atoms. The molecule has 0 aromatic carbocycles. The van der Waals surface area contributed by atoms with Gasteiger partial charge in [0.2, 0.25) is 0 Å². The van der Waals surface area contributed by atoms with Crippen LogP contribution in [0.4, 0.5) is 5.82 Å². The van der Waals surface area contributed by atoms with Gasteiger partial charge in [0.05, 0.1) is 0 Å². The van der Waals surface area contributed by atoms with E-state index in [4.69, 9.17) is 17.5 Å². The fraction of sp³-hybridized carbons (Fsp3) is 0.385. The van der Waals surface area contributed by atoms with Crippen molar-refractivity contribution in [2.24, 2.45) is 0 Å². The number of nitriles is 1. The standard InChI is InChI=1S/C13H16N6S/c1-9(2)19-12(17-18-13(19)20)6-7-15-11-5-3-4-10(8-14)16-11/h3-5,9H,6-7H2,1-2H3,(H,15,16)(H,18,20). The first-order chi connectivity index (χ1) is 9.61. The van der Waals surface area contributed by atoms with Crippen LogP contribution in [0, 0.1) is 16.1 Å². The number of nitrogens with zero attached hydrogens (tertiary/aromatic N) is 4. The minimum Gasteiger partial charge on any atom is -0.370 e. The lowest BCUT2D eigenvalue weighted by Crippen LogP contribution is -2.12. The van der Waals surface area contributed by atoms with Crippen molar-refractivity contribution in [3.8, 4) is 6.07 Å². The van der Waals surface area contributed by atoms with E-state index in [1.165, 1.54) is 0 Å². The van der Waals surface area contributed by atoms with Crippen molar-refractivity contribution < 1.29 is 0 Å². The zero-order valence-corrected chi connectivity index (χ0v) is 12.2. The molecular weight excluding hydrogens is 272 g/mol. The van der Waals surface area contributed by atoms with Gasteiger partial charge in [-0.2, -0.15) is 10.4 Å². The Morgan fingerprint density at radius 3 is 3.00 bits per heavy atom. The Morgan fingerprint density at radius 2 is 2.30 bits per heavy atom. The molecule has 0 aliphatic rings. The Labute approximate surface area is 122 Å². The van der Waals surface area contributed by atoms with E-state index in [1.807, 2.05) is 16.7 Å². The van der Waals surface area contributed by atoms with Gasteiger partial charge < -0.3 is 9.88 Å². The molecule has 6 nitrogen and oxygen atoms in total. The molecule has 104 valence electrons. The number of aromatic amines is 1. The Kier molecular flexibility index (Phi) is 4.48. The van der Waals surface area contributed by atoms with Crippen LogP contribution in [0.2, 0.25) is 0 Å². The highest BCUT2D eigenvalue weighted by Gasteiger charge is 2.08. The van der Waals surface area contributed by atoms with Gasteiger partial charge in [0.25, 0.3) is 0 Å². The molecule has 0 saturated carbocycles. The first-order valence-corrected chi connectivity index (χ1v) is 6.79. The first-order valence-electron chi connectivity index (χ1n) is 6.38. The number of anilines is 1. The lowest BCUT2D eigenvalue weighted by atomic mass is 10.3. The Balaban J connectivity index is 2.00. The second-order valence-corrected chi connectivity index (χ2v) is 4.99. The molecule has 20 heavy (non-hydrogen) atoms. The summed E-state index contributed by atoms with van der Waals surface area (Å²) in [7, 11) is 0. The predicted molar refractivity (Wildman–Crippen MR) is 78.9 cm³/mol. The normalized spacial score (nSPS) is 10.5. The van der Waals surface area contributed by atoms with Crippen LogP contribution in [0.15, 0.2) is 18.2 Å². The van der Waals surface area contributed by atoms with Crippen LogP contribution in [0.3, 0.4) is 0 Å². The molecule has 0 spiro atoms. The molecule has 0 fully saturated rings. The topological polar surface area (TPSA) is 82.3 Å². The highest BCUT2D eigenvalue weighted by molar-refractivity contribution is 7.71. The molecule has 0 aliphatic carbocycles. The van der Waals surface area contributed by atoms with E-state index in [-0.39, 0.29) is 6.04 Å². The van der Waals surface area contributed by atoms with Crippen molar-refractivity contribution in [1.29, 1.82) is 5.26 Å². The fourth-order valence-corrected chi connectivity index (χ4v) is 2.31. The summed E-state index contributed by atoms with van der Waals surface area (Å²) in [5, 5.41) is 19.0. The maximum absolute atomic E-state index is 8.80. The number of hydrogen-bond donors (Lipinski definition) is 2. The average Bonchev–Trinajstić information content (AvgIpc) is 2.80. The highest BCUT2D eigenvalue weighted by Crippen LogP contribution is 2.09. The van der Waals surface area contributed by atoms with Crippen LogP contribution in [-0.2, 0) is 6.42 Å². The minimum absolute atomic E-state index is 0.274. The molecule has 2 aromatic heterocycles. The summed E-state index contributed by atoms with van der Waals surface area (Å²) >= 11 is 5.20. The Bertz CT molecular complexity index is 679. The molecule has 0 radical (unpaired) electrons. The lowest BCUT2D eigenvalue weighted by Gasteiger charge is -2.10. The largest absolute Gasteiger partial charge is 0.370 e. The number of rotatable bonds is 5. The highest BCUT2D eigenvalue weighted by atomic mass is 32.1. The molecule has 7 heteroatoms. The van der Waals surface area contributed by atoms with Crippen LogP contribution < -0.4 is 5.32 Å². The second-order valence-electron chi connectivity index (χ2n) is 4.61. The van der Waals surface area contributed by atoms with E-state index in [0.717, 1.165) is 12.2 Å². The second kappa shape index (κ2) is 6.30. The number of hydrogen-bond acceptors (Lipinski definition) is 5.